The lowest BCUT2D eigenvalue weighted by atomic mass is 9.99. The Morgan fingerprint density at radius 3 is 2.50 bits per heavy atom. The van der Waals surface area contributed by atoms with Crippen LogP contribution >= 0.6 is 12.4 Å². The maximum absolute atomic E-state index is 13.3. The van der Waals surface area contributed by atoms with Crippen LogP contribution in [0.3, 0.4) is 0 Å². The van der Waals surface area contributed by atoms with Crippen molar-refractivity contribution >= 4 is 18.1 Å². The summed E-state index contributed by atoms with van der Waals surface area (Å²) < 4.78 is 31.2. The van der Waals surface area contributed by atoms with E-state index in [0.717, 1.165) is 13.2 Å². The summed E-state index contributed by atoms with van der Waals surface area (Å²) in [5.41, 5.74) is 4.09. The van der Waals surface area contributed by atoms with Crippen molar-refractivity contribution in [3.05, 3.63) is 27.8 Å². The highest BCUT2D eigenvalue weighted by Crippen LogP contribution is 2.41. The van der Waals surface area contributed by atoms with E-state index in [1.165, 1.54) is 0 Å². The largest absolute Gasteiger partial charge is 0.504 e. The van der Waals surface area contributed by atoms with Crippen LogP contribution in [-0.2, 0) is 0 Å². The van der Waals surface area contributed by atoms with Crippen molar-refractivity contribution < 1.29 is 28.7 Å². The molecule has 0 heterocycles. The number of ether oxygens (including phenoxy) is 1. The standard InChI is InChI=1S/C10H12F2N2O5.ClH/c1-19-7-3-5(14(17)18)2-6(8(7)16)9(13)10(11,12)4-15;/h2-3,9,15-16H,4,13H2,1H3;1H/t9-;/m0./s1. The molecule has 0 radical (unpaired) electrons. The molecular formula is C10H13ClF2N2O5. The predicted molar refractivity (Wildman–Crippen MR) is 67.5 cm³/mol. The number of aromatic hydroxyl groups is 1. The minimum absolute atomic E-state index is 0. The van der Waals surface area contributed by atoms with Gasteiger partial charge in [-0.3, -0.25) is 10.1 Å². The van der Waals surface area contributed by atoms with Gasteiger partial charge in [-0.2, -0.15) is 0 Å². The number of non-ortho nitro benzene ring substituents is 1. The molecule has 10 heteroatoms. The Morgan fingerprint density at radius 2 is 2.10 bits per heavy atom. The van der Waals surface area contributed by atoms with Gasteiger partial charge in [0.25, 0.3) is 11.6 Å². The molecule has 7 nitrogen and oxygen atoms in total. The first-order valence-corrected chi connectivity index (χ1v) is 5.04. The molecule has 114 valence electrons. The fourth-order valence-corrected chi connectivity index (χ4v) is 1.44. The zero-order valence-corrected chi connectivity index (χ0v) is 11.1. The van der Waals surface area contributed by atoms with Crippen LogP contribution in [0.5, 0.6) is 11.5 Å². The molecule has 1 atom stereocenters. The first kappa shape index (κ1) is 18.3. The van der Waals surface area contributed by atoms with Crippen molar-refractivity contribution in [3.63, 3.8) is 0 Å². The van der Waals surface area contributed by atoms with Gasteiger partial charge in [-0.05, 0) is 0 Å². The first-order valence-electron chi connectivity index (χ1n) is 5.04. The number of halogens is 3. The normalized spacial score (nSPS) is 12.4. The van der Waals surface area contributed by atoms with Crippen molar-refractivity contribution in [2.75, 3.05) is 13.7 Å². The van der Waals surface area contributed by atoms with Crippen molar-refractivity contribution in [1.82, 2.24) is 0 Å². The molecule has 0 bridgehead atoms. The van der Waals surface area contributed by atoms with Gasteiger partial charge in [-0.15, -0.1) is 12.4 Å². The number of aliphatic hydroxyl groups is 1. The maximum Gasteiger partial charge on any atom is 0.289 e. The van der Waals surface area contributed by atoms with Gasteiger partial charge in [-0.1, -0.05) is 0 Å². The molecule has 4 N–H and O–H groups in total. The third-order valence-corrected chi connectivity index (χ3v) is 2.52. The van der Waals surface area contributed by atoms with Gasteiger partial charge in [0, 0.05) is 11.6 Å². The number of aliphatic hydroxyl groups excluding tert-OH is 1. The van der Waals surface area contributed by atoms with Gasteiger partial charge in [0.15, 0.2) is 11.5 Å². The summed E-state index contributed by atoms with van der Waals surface area (Å²) in [5.74, 6) is -4.82. The van der Waals surface area contributed by atoms with Crippen molar-refractivity contribution in [3.8, 4) is 11.5 Å². The van der Waals surface area contributed by atoms with Crippen LogP contribution in [0.25, 0.3) is 0 Å². The molecule has 1 rings (SSSR count). The lowest BCUT2D eigenvalue weighted by Gasteiger charge is -2.22. The quantitative estimate of drug-likeness (QED) is 0.557. The number of nitro benzene ring substituents is 1. The zero-order chi connectivity index (χ0) is 14.8. The molecule has 0 saturated carbocycles. The number of methoxy groups -OCH3 is 1. The molecule has 1 aromatic rings. The van der Waals surface area contributed by atoms with Crippen LogP contribution in [0.2, 0.25) is 0 Å². The number of phenols is 1. The first-order chi connectivity index (χ1) is 8.74. The molecule has 0 spiro atoms. The van der Waals surface area contributed by atoms with Gasteiger partial charge in [-0.25, -0.2) is 8.78 Å². The van der Waals surface area contributed by atoms with E-state index in [-0.39, 0.29) is 18.2 Å². The summed E-state index contributed by atoms with van der Waals surface area (Å²) in [6.07, 6.45) is 0. The molecule has 1 aromatic carbocycles. The monoisotopic (exact) mass is 314 g/mol. The Kier molecular flexibility index (Phi) is 6.07. The van der Waals surface area contributed by atoms with E-state index in [1.807, 2.05) is 0 Å². The van der Waals surface area contributed by atoms with Gasteiger partial charge in [0.1, 0.15) is 12.6 Å². The lowest BCUT2D eigenvalue weighted by molar-refractivity contribution is -0.385. The highest BCUT2D eigenvalue weighted by molar-refractivity contribution is 5.85. The maximum atomic E-state index is 13.3. The third-order valence-electron chi connectivity index (χ3n) is 2.52. The van der Waals surface area contributed by atoms with Crippen molar-refractivity contribution in [2.45, 2.75) is 12.0 Å². The van der Waals surface area contributed by atoms with Crippen LogP contribution in [0.15, 0.2) is 12.1 Å². The highest BCUT2D eigenvalue weighted by atomic mass is 35.5. The average molecular weight is 315 g/mol. The highest BCUT2D eigenvalue weighted by Gasteiger charge is 2.40. The van der Waals surface area contributed by atoms with E-state index < -0.39 is 40.5 Å². The minimum atomic E-state index is -3.74. The summed E-state index contributed by atoms with van der Waals surface area (Å²) in [7, 11) is 1.11. The van der Waals surface area contributed by atoms with Crippen LogP contribution < -0.4 is 10.5 Å². The van der Waals surface area contributed by atoms with Crippen LogP contribution in [-0.4, -0.2) is 34.8 Å². The number of phenolic OH excluding ortho intramolecular Hbond substituents is 1. The molecule has 0 aromatic heterocycles. The number of nitrogens with zero attached hydrogens (tertiary/aromatic N) is 1. The topological polar surface area (TPSA) is 119 Å². The van der Waals surface area contributed by atoms with Crippen LogP contribution in [0, 0.1) is 10.1 Å². The second-order valence-electron chi connectivity index (χ2n) is 3.74. The van der Waals surface area contributed by atoms with Crippen molar-refractivity contribution in [2.24, 2.45) is 5.73 Å². The smallest absolute Gasteiger partial charge is 0.289 e. The molecular weight excluding hydrogens is 302 g/mol. The van der Waals surface area contributed by atoms with Gasteiger partial charge in [0.2, 0.25) is 0 Å². The summed E-state index contributed by atoms with van der Waals surface area (Å²) >= 11 is 0. The predicted octanol–water partition coefficient (Wildman–Crippen LogP) is 1.36. The number of hydrogen-bond donors (Lipinski definition) is 3. The van der Waals surface area contributed by atoms with Crippen LogP contribution in [0.4, 0.5) is 14.5 Å². The Hall–Kier alpha value is -1.71. The Morgan fingerprint density at radius 1 is 1.55 bits per heavy atom. The zero-order valence-electron chi connectivity index (χ0n) is 10.2. The fourth-order valence-electron chi connectivity index (χ4n) is 1.44. The number of benzene rings is 1. The van der Waals surface area contributed by atoms with Gasteiger partial charge < -0.3 is 20.7 Å². The summed E-state index contributed by atoms with van der Waals surface area (Å²) in [4.78, 5) is 9.83. The molecule has 0 amide bonds. The molecule has 0 aliphatic rings. The SMILES string of the molecule is COc1cc([N+](=O)[O-])cc([C@H](N)C(F)(F)CO)c1O.Cl. The summed E-state index contributed by atoms with van der Waals surface area (Å²) in [6.45, 7) is -1.56. The van der Waals surface area contributed by atoms with E-state index in [2.05, 4.69) is 4.74 Å². The number of alkyl halides is 2. The Bertz CT molecular complexity index is 501. The number of hydrogen-bond acceptors (Lipinski definition) is 6. The lowest BCUT2D eigenvalue weighted by Crippen LogP contribution is -2.36. The molecule has 0 fully saturated rings. The second-order valence-corrected chi connectivity index (χ2v) is 3.74. The molecule has 0 aliphatic carbocycles. The van der Waals surface area contributed by atoms with E-state index in [1.54, 1.807) is 0 Å². The molecule has 0 saturated heterocycles. The Balaban J connectivity index is 0.00000361. The minimum Gasteiger partial charge on any atom is -0.504 e. The number of rotatable bonds is 5. The third kappa shape index (κ3) is 3.44. The van der Waals surface area contributed by atoms with E-state index >= 15 is 0 Å². The molecule has 20 heavy (non-hydrogen) atoms. The number of nitro groups is 1. The van der Waals surface area contributed by atoms with E-state index in [9.17, 15) is 24.0 Å². The Labute approximate surface area is 118 Å². The molecule has 0 aliphatic heterocycles. The fraction of sp³-hybridized carbons (Fsp3) is 0.400. The van der Waals surface area contributed by atoms with Gasteiger partial charge >= 0.3 is 0 Å². The van der Waals surface area contributed by atoms with Crippen LogP contribution in [0.1, 0.15) is 11.6 Å². The number of nitrogens with two attached hydrogens (primary N) is 1. The van der Waals surface area contributed by atoms with E-state index in [4.69, 9.17) is 10.8 Å². The van der Waals surface area contributed by atoms with Crippen molar-refractivity contribution in [1.29, 1.82) is 0 Å². The summed E-state index contributed by atoms with van der Waals surface area (Å²) in [5, 5.41) is 28.9. The average Bonchev–Trinajstić information content (AvgIpc) is 2.37. The molecule has 0 unspecified atom stereocenters. The van der Waals surface area contributed by atoms with Gasteiger partial charge in [0.05, 0.1) is 18.1 Å². The second kappa shape index (κ2) is 6.64. The summed E-state index contributed by atoms with van der Waals surface area (Å²) in [6, 6.07) is -0.513. The van der Waals surface area contributed by atoms with E-state index in [0.29, 0.717) is 6.07 Å².